The smallest absolute Gasteiger partial charge is 0.0568 e. The van der Waals surface area contributed by atoms with Crippen LogP contribution in [0.15, 0.2) is 63.5 Å². The zero-order valence-electron chi connectivity index (χ0n) is 11.0. The molecule has 3 aromatic carbocycles. The average Bonchev–Trinajstić information content (AvgIpc) is 2.47. The third-order valence-electron chi connectivity index (χ3n) is 3.54. The predicted octanol–water partition coefficient (Wildman–Crippen LogP) is 6.07. The van der Waals surface area contributed by atoms with Crippen LogP contribution in [-0.2, 0) is 0 Å². The monoisotopic (exact) mass is 423 g/mol. The Bertz CT molecular complexity index is 817. The second kappa shape index (κ2) is 6.09. The maximum absolute atomic E-state index is 6.49. The van der Waals surface area contributed by atoms with Crippen molar-refractivity contribution in [2.75, 3.05) is 0 Å². The van der Waals surface area contributed by atoms with Crippen LogP contribution in [-0.4, -0.2) is 0 Å². The van der Waals surface area contributed by atoms with Crippen molar-refractivity contribution in [1.29, 1.82) is 0 Å². The van der Waals surface area contributed by atoms with E-state index in [1.54, 1.807) is 0 Å². The number of fused-ring (bicyclic) bond motifs is 1. The van der Waals surface area contributed by atoms with E-state index in [-0.39, 0.29) is 6.04 Å². The molecule has 21 heavy (non-hydrogen) atoms. The van der Waals surface area contributed by atoms with Crippen molar-refractivity contribution in [2.45, 2.75) is 6.04 Å². The largest absolute Gasteiger partial charge is 0.320 e. The van der Waals surface area contributed by atoms with Crippen molar-refractivity contribution < 1.29 is 0 Å². The van der Waals surface area contributed by atoms with Crippen molar-refractivity contribution in [3.8, 4) is 0 Å². The second-order valence-corrected chi connectivity index (χ2v) is 6.97. The van der Waals surface area contributed by atoms with Crippen LogP contribution in [0.3, 0.4) is 0 Å². The normalized spacial score (nSPS) is 12.6. The molecule has 106 valence electrons. The lowest BCUT2D eigenvalue weighted by atomic mass is 9.94. The van der Waals surface area contributed by atoms with Gasteiger partial charge >= 0.3 is 0 Å². The summed E-state index contributed by atoms with van der Waals surface area (Å²) in [7, 11) is 0. The molecule has 4 heteroatoms. The van der Waals surface area contributed by atoms with Crippen molar-refractivity contribution in [3.05, 3.63) is 79.7 Å². The molecule has 0 aliphatic carbocycles. The predicted molar refractivity (Wildman–Crippen MR) is 96.8 cm³/mol. The van der Waals surface area contributed by atoms with Gasteiger partial charge in [-0.25, -0.2) is 0 Å². The van der Waals surface area contributed by atoms with Crippen LogP contribution in [0.2, 0.25) is 5.02 Å². The minimum atomic E-state index is -0.213. The third kappa shape index (κ3) is 2.88. The SMILES string of the molecule is NC(c1ccc(Cl)cc1Br)c1ccc(Br)c2ccccc12. The Balaban J connectivity index is 2.18. The minimum Gasteiger partial charge on any atom is -0.320 e. The summed E-state index contributed by atoms with van der Waals surface area (Å²) in [6, 6.07) is 17.8. The van der Waals surface area contributed by atoms with Crippen LogP contribution in [0.4, 0.5) is 0 Å². The molecule has 0 aromatic heterocycles. The maximum Gasteiger partial charge on any atom is 0.0568 e. The lowest BCUT2D eigenvalue weighted by Gasteiger charge is -2.17. The number of hydrogen-bond donors (Lipinski definition) is 1. The Labute approximate surface area is 145 Å². The van der Waals surface area contributed by atoms with Crippen LogP contribution in [0, 0.1) is 0 Å². The number of halogens is 3. The van der Waals surface area contributed by atoms with E-state index in [2.05, 4.69) is 50.1 Å². The van der Waals surface area contributed by atoms with Gasteiger partial charge in [0.2, 0.25) is 0 Å². The van der Waals surface area contributed by atoms with E-state index in [1.807, 2.05) is 36.4 Å². The van der Waals surface area contributed by atoms with E-state index in [9.17, 15) is 0 Å². The van der Waals surface area contributed by atoms with Crippen LogP contribution < -0.4 is 5.73 Å². The van der Waals surface area contributed by atoms with Gasteiger partial charge in [-0.3, -0.25) is 0 Å². The highest BCUT2D eigenvalue weighted by Crippen LogP contribution is 2.34. The van der Waals surface area contributed by atoms with Gasteiger partial charge in [-0.05, 0) is 40.1 Å². The highest BCUT2D eigenvalue weighted by atomic mass is 79.9. The van der Waals surface area contributed by atoms with Crippen LogP contribution in [0.1, 0.15) is 17.2 Å². The first-order valence-corrected chi connectivity index (χ1v) is 8.42. The van der Waals surface area contributed by atoms with E-state index < -0.39 is 0 Å². The molecule has 1 atom stereocenters. The standard InChI is InChI=1S/C17H12Br2ClN/c18-15-8-7-13(11-3-1-2-4-12(11)15)17(21)14-6-5-10(20)9-16(14)19/h1-9,17H,21H2. The Morgan fingerprint density at radius 2 is 1.48 bits per heavy atom. The molecule has 0 heterocycles. The van der Waals surface area contributed by atoms with E-state index >= 15 is 0 Å². The molecule has 0 saturated carbocycles. The molecule has 3 aromatic rings. The van der Waals surface area contributed by atoms with Gasteiger partial charge in [0.25, 0.3) is 0 Å². The van der Waals surface area contributed by atoms with Crippen molar-refractivity contribution in [2.24, 2.45) is 5.73 Å². The molecule has 0 aliphatic heterocycles. The fourth-order valence-corrected chi connectivity index (χ4v) is 3.89. The van der Waals surface area contributed by atoms with Crippen LogP contribution in [0.25, 0.3) is 10.8 Å². The molecule has 0 aliphatic rings. The second-order valence-electron chi connectivity index (χ2n) is 4.83. The number of benzene rings is 3. The lowest BCUT2D eigenvalue weighted by Crippen LogP contribution is -2.13. The summed E-state index contributed by atoms with van der Waals surface area (Å²) >= 11 is 13.1. The maximum atomic E-state index is 6.49. The quantitative estimate of drug-likeness (QED) is 0.530. The molecule has 0 bridgehead atoms. The molecule has 0 radical (unpaired) electrons. The Morgan fingerprint density at radius 3 is 2.19 bits per heavy atom. The molecular formula is C17H12Br2ClN. The van der Waals surface area contributed by atoms with Gasteiger partial charge in [-0.1, -0.05) is 79.9 Å². The van der Waals surface area contributed by atoms with E-state index in [0.29, 0.717) is 5.02 Å². The number of nitrogens with two attached hydrogens (primary N) is 1. The molecule has 0 saturated heterocycles. The van der Waals surface area contributed by atoms with Gasteiger partial charge in [0, 0.05) is 14.0 Å². The minimum absolute atomic E-state index is 0.213. The summed E-state index contributed by atoms with van der Waals surface area (Å²) in [6.07, 6.45) is 0. The van der Waals surface area contributed by atoms with Crippen LogP contribution in [0.5, 0.6) is 0 Å². The highest BCUT2D eigenvalue weighted by molar-refractivity contribution is 9.11. The molecule has 0 spiro atoms. The Hall–Kier alpha value is -0.870. The summed E-state index contributed by atoms with van der Waals surface area (Å²) in [5.41, 5.74) is 8.61. The number of rotatable bonds is 2. The lowest BCUT2D eigenvalue weighted by molar-refractivity contribution is 0.875. The Kier molecular flexibility index (Phi) is 4.36. The van der Waals surface area contributed by atoms with E-state index in [0.717, 1.165) is 30.8 Å². The van der Waals surface area contributed by atoms with Crippen LogP contribution >= 0.6 is 43.5 Å². The summed E-state index contributed by atoms with van der Waals surface area (Å²) in [5.74, 6) is 0. The Morgan fingerprint density at radius 1 is 0.810 bits per heavy atom. The molecule has 1 unspecified atom stereocenters. The third-order valence-corrected chi connectivity index (χ3v) is 5.15. The zero-order chi connectivity index (χ0) is 15.0. The molecule has 2 N–H and O–H groups in total. The summed E-state index contributed by atoms with van der Waals surface area (Å²) < 4.78 is 2.00. The molecular weight excluding hydrogens is 413 g/mol. The van der Waals surface area contributed by atoms with Crippen molar-refractivity contribution in [1.82, 2.24) is 0 Å². The van der Waals surface area contributed by atoms with Crippen molar-refractivity contribution in [3.63, 3.8) is 0 Å². The molecule has 3 rings (SSSR count). The van der Waals surface area contributed by atoms with E-state index in [1.165, 1.54) is 0 Å². The van der Waals surface area contributed by atoms with Gasteiger partial charge < -0.3 is 5.73 Å². The average molecular weight is 426 g/mol. The molecule has 0 fully saturated rings. The summed E-state index contributed by atoms with van der Waals surface area (Å²) in [4.78, 5) is 0. The number of hydrogen-bond acceptors (Lipinski definition) is 1. The first-order valence-electron chi connectivity index (χ1n) is 6.45. The van der Waals surface area contributed by atoms with Gasteiger partial charge in [0.1, 0.15) is 0 Å². The van der Waals surface area contributed by atoms with Gasteiger partial charge in [-0.2, -0.15) is 0 Å². The first-order chi connectivity index (χ1) is 10.1. The van der Waals surface area contributed by atoms with Gasteiger partial charge in [-0.15, -0.1) is 0 Å². The fourth-order valence-electron chi connectivity index (χ4n) is 2.48. The highest BCUT2D eigenvalue weighted by Gasteiger charge is 2.16. The zero-order valence-corrected chi connectivity index (χ0v) is 14.9. The summed E-state index contributed by atoms with van der Waals surface area (Å²) in [6.45, 7) is 0. The fraction of sp³-hybridized carbons (Fsp3) is 0.0588. The first kappa shape index (κ1) is 15.0. The summed E-state index contributed by atoms with van der Waals surface area (Å²) in [5, 5.41) is 3.01. The van der Waals surface area contributed by atoms with Crippen molar-refractivity contribution >= 4 is 54.2 Å². The van der Waals surface area contributed by atoms with Gasteiger partial charge in [0.05, 0.1) is 6.04 Å². The van der Waals surface area contributed by atoms with E-state index in [4.69, 9.17) is 17.3 Å². The molecule has 1 nitrogen and oxygen atoms in total. The van der Waals surface area contributed by atoms with Gasteiger partial charge in [0.15, 0.2) is 0 Å². The molecule has 0 amide bonds. The topological polar surface area (TPSA) is 26.0 Å².